The summed E-state index contributed by atoms with van der Waals surface area (Å²) >= 11 is 10.0. The van der Waals surface area contributed by atoms with Crippen molar-refractivity contribution < 1.29 is 13.9 Å². The number of fused-ring (bicyclic) bond motifs is 3. The Morgan fingerprint density at radius 2 is 2.19 bits per heavy atom. The number of hydrogen-bond acceptors (Lipinski definition) is 4. The molecule has 1 saturated heterocycles. The van der Waals surface area contributed by atoms with Crippen LogP contribution in [-0.4, -0.2) is 40.8 Å². The number of nitrogens with one attached hydrogen (secondary N) is 2. The van der Waals surface area contributed by atoms with Gasteiger partial charge in [0.05, 0.1) is 20.6 Å². The van der Waals surface area contributed by atoms with Crippen molar-refractivity contribution in [1.29, 1.82) is 0 Å². The number of H-pyrrole nitrogens is 1. The molecule has 1 amide bonds. The van der Waals surface area contributed by atoms with Crippen molar-refractivity contribution in [3.63, 3.8) is 0 Å². The fraction of sp³-hybridized carbons (Fsp3) is 0.455. The zero-order valence-corrected chi connectivity index (χ0v) is 19.8. The average Bonchev–Trinajstić information content (AvgIpc) is 3.00. The van der Waals surface area contributed by atoms with E-state index in [2.05, 4.69) is 36.1 Å². The highest BCUT2D eigenvalue weighted by molar-refractivity contribution is 9.10. The summed E-state index contributed by atoms with van der Waals surface area (Å²) in [5, 5.41) is 4.56. The molecule has 164 valence electrons. The van der Waals surface area contributed by atoms with Crippen LogP contribution in [-0.2, 0) is 4.74 Å². The lowest BCUT2D eigenvalue weighted by atomic mass is 10.1. The van der Waals surface area contributed by atoms with E-state index in [9.17, 15) is 9.18 Å². The van der Waals surface area contributed by atoms with Crippen molar-refractivity contribution in [3.8, 4) is 0 Å². The van der Waals surface area contributed by atoms with Crippen molar-refractivity contribution in [2.24, 2.45) is 5.41 Å². The molecule has 0 unspecified atom stereocenters. The fourth-order valence-corrected chi connectivity index (χ4v) is 5.50. The Hall–Kier alpha value is -2.06. The van der Waals surface area contributed by atoms with E-state index in [-0.39, 0.29) is 22.6 Å². The van der Waals surface area contributed by atoms with Crippen LogP contribution < -0.4 is 10.2 Å². The zero-order chi connectivity index (χ0) is 22.1. The van der Waals surface area contributed by atoms with Gasteiger partial charge in [0.15, 0.2) is 0 Å². The summed E-state index contributed by atoms with van der Waals surface area (Å²) in [5.74, 6) is -0.456. The number of aromatic amines is 1. The second-order valence-electron chi connectivity index (χ2n) is 9.52. The van der Waals surface area contributed by atoms with Gasteiger partial charge in [0.25, 0.3) is 0 Å². The summed E-state index contributed by atoms with van der Waals surface area (Å²) < 4.78 is 20.5. The molecule has 9 heteroatoms. The van der Waals surface area contributed by atoms with Gasteiger partial charge >= 0.3 is 6.09 Å². The Balaban J connectivity index is 1.46. The molecule has 6 nitrogen and oxygen atoms in total. The molecule has 1 spiro atoms. The number of alkyl carbamates (subject to hydrolysis) is 1. The smallest absolute Gasteiger partial charge is 0.407 e. The van der Waals surface area contributed by atoms with Gasteiger partial charge in [-0.1, -0.05) is 11.6 Å². The zero-order valence-electron chi connectivity index (χ0n) is 17.5. The number of nitrogens with zero attached hydrogens (tertiary/aromatic N) is 2. The monoisotopic (exact) mass is 508 g/mol. The number of carbonyl (C=O) groups is 1. The lowest BCUT2D eigenvalue weighted by molar-refractivity contribution is 0.0517. The summed E-state index contributed by atoms with van der Waals surface area (Å²) in [4.78, 5) is 22.2. The number of hydrogen-bond donors (Lipinski definition) is 2. The van der Waals surface area contributed by atoms with Gasteiger partial charge in [0, 0.05) is 41.6 Å². The molecule has 5 rings (SSSR count). The number of anilines is 1. The molecule has 2 atom stereocenters. The van der Waals surface area contributed by atoms with Crippen LogP contribution >= 0.6 is 27.5 Å². The van der Waals surface area contributed by atoms with Crippen LogP contribution in [0.5, 0.6) is 0 Å². The van der Waals surface area contributed by atoms with Crippen molar-refractivity contribution in [2.45, 2.75) is 45.3 Å². The molecule has 31 heavy (non-hydrogen) atoms. The Morgan fingerprint density at radius 1 is 1.42 bits per heavy atom. The molecule has 2 fully saturated rings. The highest BCUT2D eigenvalue weighted by atomic mass is 79.9. The largest absolute Gasteiger partial charge is 0.444 e. The molecule has 2 N–H and O–H groups in total. The number of carbonyl (C=O) groups excluding carboxylic acids is 1. The van der Waals surface area contributed by atoms with Gasteiger partial charge in [-0.2, -0.15) is 0 Å². The van der Waals surface area contributed by atoms with Gasteiger partial charge in [-0.25, -0.2) is 14.2 Å². The first-order valence-electron chi connectivity index (χ1n) is 10.3. The van der Waals surface area contributed by atoms with Gasteiger partial charge in [-0.05, 0) is 61.7 Å². The van der Waals surface area contributed by atoms with Gasteiger partial charge < -0.3 is 19.9 Å². The number of halogens is 3. The van der Waals surface area contributed by atoms with Gasteiger partial charge in [0.2, 0.25) is 0 Å². The van der Waals surface area contributed by atoms with Gasteiger partial charge in [-0.3, -0.25) is 0 Å². The van der Waals surface area contributed by atoms with E-state index in [1.807, 2.05) is 20.8 Å². The van der Waals surface area contributed by atoms with Crippen LogP contribution in [0.4, 0.5) is 14.9 Å². The molecule has 1 aromatic carbocycles. The third kappa shape index (κ3) is 3.53. The third-order valence-electron chi connectivity index (χ3n) is 6.19. The van der Waals surface area contributed by atoms with Crippen LogP contribution in [0.25, 0.3) is 21.9 Å². The Kier molecular flexibility index (Phi) is 4.68. The molecular formula is C22H23BrClFN4O2. The standard InChI is InChI=1S/C22H23BrClFN4O2/c1-21(2,3)31-20(30)28-14-8-22(14)6-7-29(10-22)18-11(23)9-26-19-16(18)15-13(27-19)5-4-12(25)17(15)24/h4-5,9,14H,6-8,10H2,1-3H3,(H,26,27)(H,28,30)/t14-,22+/m0/s1. The minimum Gasteiger partial charge on any atom is -0.444 e. The Morgan fingerprint density at radius 3 is 2.94 bits per heavy atom. The van der Waals surface area contributed by atoms with E-state index < -0.39 is 11.4 Å². The molecule has 2 aliphatic rings. The first kappa shape index (κ1) is 20.8. The Labute approximate surface area is 192 Å². The normalized spacial score (nSPS) is 23.2. The van der Waals surface area contributed by atoms with Crippen LogP contribution in [0.3, 0.4) is 0 Å². The number of amides is 1. The van der Waals surface area contributed by atoms with Crippen LogP contribution in [0.1, 0.15) is 33.6 Å². The summed E-state index contributed by atoms with van der Waals surface area (Å²) in [6.07, 6.45) is 3.25. The van der Waals surface area contributed by atoms with Crippen molar-refractivity contribution >= 4 is 61.2 Å². The topological polar surface area (TPSA) is 70.2 Å². The summed E-state index contributed by atoms with van der Waals surface area (Å²) in [7, 11) is 0. The van der Waals surface area contributed by atoms with Crippen LogP contribution in [0, 0.1) is 11.2 Å². The lowest BCUT2D eigenvalue weighted by Crippen LogP contribution is -2.36. The number of benzene rings is 1. The molecular weight excluding hydrogens is 487 g/mol. The highest BCUT2D eigenvalue weighted by Gasteiger charge is 2.58. The van der Waals surface area contributed by atoms with E-state index in [4.69, 9.17) is 16.3 Å². The number of aromatic nitrogens is 2. The summed E-state index contributed by atoms with van der Waals surface area (Å²) in [5.41, 5.74) is 1.86. The maximum absolute atomic E-state index is 14.2. The van der Waals surface area contributed by atoms with E-state index in [1.54, 1.807) is 12.3 Å². The van der Waals surface area contributed by atoms with Crippen LogP contribution in [0.15, 0.2) is 22.8 Å². The third-order valence-corrected chi connectivity index (χ3v) is 7.14. The molecule has 3 heterocycles. The first-order valence-corrected chi connectivity index (χ1v) is 11.4. The molecule has 3 aromatic rings. The summed E-state index contributed by atoms with van der Waals surface area (Å²) in [6, 6.07) is 3.13. The van der Waals surface area contributed by atoms with E-state index in [0.29, 0.717) is 11.0 Å². The summed E-state index contributed by atoms with van der Waals surface area (Å²) in [6.45, 7) is 7.17. The quantitative estimate of drug-likeness (QED) is 0.460. The molecule has 1 aliphatic carbocycles. The highest BCUT2D eigenvalue weighted by Crippen LogP contribution is 2.55. The molecule has 0 bridgehead atoms. The first-order chi connectivity index (χ1) is 14.6. The minimum absolute atomic E-state index is 0.0209. The van der Waals surface area contributed by atoms with Gasteiger partial charge in [0.1, 0.15) is 17.1 Å². The maximum Gasteiger partial charge on any atom is 0.407 e. The molecule has 2 aromatic heterocycles. The van der Waals surface area contributed by atoms with Crippen molar-refractivity contribution in [2.75, 3.05) is 18.0 Å². The fourth-order valence-electron chi connectivity index (χ4n) is 4.69. The second-order valence-corrected chi connectivity index (χ2v) is 10.8. The van der Waals surface area contributed by atoms with Crippen LogP contribution in [0.2, 0.25) is 5.02 Å². The lowest BCUT2D eigenvalue weighted by Gasteiger charge is -2.22. The predicted octanol–water partition coefficient (Wildman–Crippen LogP) is 5.76. The maximum atomic E-state index is 14.2. The number of pyridine rings is 1. The van der Waals surface area contributed by atoms with Gasteiger partial charge in [-0.15, -0.1) is 0 Å². The predicted molar refractivity (Wildman–Crippen MR) is 123 cm³/mol. The van der Waals surface area contributed by atoms with Crippen molar-refractivity contribution in [1.82, 2.24) is 15.3 Å². The van der Waals surface area contributed by atoms with Crippen molar-refractivity contribution in [3.05, 3.63) is 33.6 Å². The van der Waals surface area contributed by atoms with E-state index in [0.717, 1.165) is 47.0 Å². The van der Waals surface area contributed by atoms with E-state index >= 15 is 0 Å². The molecule has 0 radical (unpaired) electrons. The molecule has 1 saturated carbocycles. The number of ether oxygens (including phenoxy) is 1. The average molecular weight is 510 g/mol. The second kappa shape index (κ2) is 6.97. The number of rotatable bonds is 2. The Bertz CT molecular complexity index is 1220. The molecule has 1 aliphatic heterocycles. The SMILES string of the molecule is CC(C)(C)OC(=O)N[C@H]1C[C@@]12CCN(c1c(Br)cnc3[nH]c4ccc(F)c(Cl)c4c13)C2. The minimum atomic E-state index is -0.523. The van der Waals surface area contributed by atoms with E-state index in [1.165, 1.54) is 6.07 Å².